The van der Waals surface area contributed by atoms with Crippen molar-refractivity contribution in [3.8, 4) is 0 Å². The summed E-state index contributed by atoms with van der Waals surface area (Å²) >= 11 is 0. The molecule has 0 unspecified atom stereocenters. The molecule has 0 aromatic carbocycles. The molecule has 0 atom stereocenters. The van der Waals surface area contributed by atoms with Crippen LogP contribution in [-0.2, 0) is 9.53 Å². The molecule has 1 saturated carbocycles. The zero-order valence-electron chi connectivity index (χ0n) is 8.57. The maximum absolute atomic E-state index is 11.4. The molecule has 0 aromatic heterocycles. The first-order chi connectivity index (χ1) is 6.74. The molecule has 0 amide bonds. The van der Waals surface area contributed by atoms with E-state index in [1.54, 1.807) is 6.92 Å². The number of nitrogens with zero attached hydrogens (tertiary/aromatic N) is 1. The number of carbonyl (C=O) groups excluding carboxylic acids is 1. The van der Waals surface area contributed by atoms with Crippen LogP contribution in [0.15, 0.2) is 0 Å². The Morgan fingerprint density at radius 1 is 1.50 bits per heavy atom. The summed E-state index contributed by atoms with van der Waals surface area (Å²) in [6.07, 6.45) is 6.17. The van der Waals surface area contributed by atoms with E-state index in [1.807, 2.05) is 0 Å². The van der Waals surface area contributed by atoms with Crippen LogP contribution in [-0.4, -0.2) is 29.6 Å². The summed E-state index contributed by atoms with van der Waals surface area (Å²) in [7, 11) is 0. The molecule has 0 aliphatic heterocycles. The smallest absolute Gasteiger partial charge is 0.396 e. The van der Waals surface area contributed by atoms with Crippen LogP contribution in [0.3, 0.4) is 0 Å². The first-order valence-corrected chi connectivity index (χ1v) is 5.21. The summed E-state index contributed by atoms with van der Waals surface area (Å²) in [5.74, 6) is -0.534. The lowest BCUT2D eigenvalue weighted by Gasteiger charge is -2.20. The molecular weight excluding hydrogens is 182 g/mol. The molecule has 4 nitrogen and oxygen atoms in total. The summed E-state index contributed by atoms with van der Waals surface area (Å²) in [6.45, 7) is 2.04. The van der Waals surface area contributed by atoms with Crippen LogP contribution in [0.1, 0.15) is 39.0 Å². The molecular formula is C10H17NO3. The lowest BCUT2D eigenvalue weighted by atomic mass is 9.96. The molecule has 0 aromatic rings. The van der Waals surface area contributed by atoms with Crippen molar-refractivity contribution in [1.29, 1.82) is 0 Å². The molecule has 0 saturated heterocycles. The Morgan fingerprint density at radius 3 is 2.71 bits per heavy atom. The molecule has 1 aliphatic carbocycles. The zero-order chi connectivity index (χ0) is 10.4. The third-order valence-electron chi connectivity index (χ3n) is 2.45. The molecule has 0 heterocycles. The highest BCUT2D eigenvalue weighted by Crippen LogP contribution is 2.19. The van der Waals surface area contributed by atoms with Gasteiger partial charge in [-0.25, -0.2) is 9.53 Å². The van der Waals surface area contributed by atoms with E-state index in [9.17, 15) is 10.0 Å². The second-order valence-corrected chi connectivity index (χ2v) is 3.53. The predicted molar refractivity (Wildman–Crippen MR) is 53.2 cm³/mol. The van der Waals surface area contributed by atoms with Gasteiger partial charge in [-0.3, -0.25) is 0 Å². The van der Waals surface area contributed by atoms with Gasteiger partial charge in [0.25, 0.3) is 6.21 Å². The van der Waals surface area contributed by atoms with Gasteiger partial charge in [0.1, 0.15) is 0 Å². The van der Waals surface area contributed by atoms with E-state index >= 15 is 0 Å². The number of carbonyl (C=O) groups is 1. The van der Waals surface area contributed by atoms with E-state index in [4.69, 9.17) is 0 Å². The predicted octanol–water partition coefficient (Wildman–Crippen LogP) is 1.46. The van der Waals surface area contributed by atoms with Gasteiger partial charge in [0.2, 0.25) is 0 Å². The molecule has 4 heteroatoms. The summed E-state index contributed by atoms with van der Waals surface area (Å²) in [4.78, 5) is 11.0. The van der Waals surface area contributed by atoms with Gasteiger partial charge >= 0.3 is 5.97 Å². The Bertz CT molecular complexity index is 219. The topological polar surface area (TPSA) is 52.4 Å². The third-order valence-corrected chi connectivity index (χ3v) is 2.45. The van der Waals surface area contributed by atoms with Gasteiger partial charge in [-0.05, 0) is 19.8 Å². The van der Waals surface area contributed by atoms with E-state index in [-0.39, 0.29) is 6.04 Å². The Labute approximate surface area is 84.1 Å². The van der Waals surface area contributed by atoms with Crippen molar-refractivity contribution in [3.63, 3.8) is 0 Å². The number of ether oxygens (including phenoxy) is 1. The summed E-state index contributed by atoms with van der Waals surface area (Å²) in [6, 6.07) is -0.0202. The van der Waals surface area contributed by atoms with Crippen LogP contribution in [0.2, 0.25) is 0 Å². The van der Waals surface area contributed by atoms with Crippen molar-refractivity contribution in [2.45, 2.75) is 45.1 Å². The van der Waals surface area contributed by atoms with Gasteiger partial charge in [0, 0.05) is 12.8 Å². The van der Waals surface area contributed by atoms with Gasteiger partial charge in [0.05, 0.1) is 6.61 Å². The van der Waals surface area contributed by atoms with Crippen LogP contribution in [0.4, 0.5) is 0 Å². The average molecular weight is 199 g/mol. The van der Waals surface area contributed by atoms with Gasteiger partial charge in [-0.1, -0.05) is 6.42 Å². The second kappa shape index (κ2) is 5.62. The molecule has 1 aliphatic rings. The maximum atomic E-state index is 11.4. The van der Waals surface area contributed by atoms with Crippen molar-refractivity contribution in [2.24, 2.45) is 0 Å². The van der Waals surface area contributed by atoms with Gasteiger partial charge < -0.3 is 9.94 Å². The normalized spacial score (nSPS) is 19.4. The number of rotatable bonds is 3. The van der Waals surface area contributed by atoms with Gasteiger partial charge in [-0.15, -0.1) is 0 Å². The number of hydrogen-bond acceptors (Lipinski definition) is 3. The van der Waals surface area contributed by atoms with Gasteiger partial charge in [0.15, 0.2) is 6.04 Å². The fourth-order valence-corrected chi connectivity index (χ4v) is 1.72. The lowest BCUT2D eigenvalue weighted by Crippen LogP contribution is -2.27. The van der Waals surface area contributed by atoms with Crippen LogP contribution < -0.4 is 0 Å². The van der Waals surface area contributed by atoms with E-state index in [0.29, 0.717) is 6.61 Å². The van der Waals surface area contributed by atoms with Crippen molar-refractivity contribution < 1.29 is 14.3 Å². The first kappa shape index (κ1) is 11.0. The SMILES string of the molecule is CCOC(=O)/C=[N+](\[O-])C1CCCCC1. The maximum Gasteiger partial charge on any atom is 0.396 e. The van der Waals surface area contributed by atoms with Crippen LogP contribution in [0, 0.1) is 5.21 Å². The largest absolute Gasteiger partial charge is 0.623 e. The Kier molecular flexibility index (Phi) is 4.43. The van der Waals surface area contributed by atoms with E-state index < -0.39 is 5.97 Å². The molecule has 1 fully saturated rings. The Balaban J connectivity index is 2.44. The molecule has 0 bridgehead atoms. The fourth-order valence-electron chi connectivity index (χ4n) is 1.72. The number of hydroxylamine groups is 1. The van der Waals surface area contributed by atoms with Crippen LogP contribution >= 0.6 is 0 Å². The monoisotopic (exact) mass is 199 g/mol. The standard InChI is InChI=1S/C10H17NO3/c1-2-14-10(12)8-11(13)9-6-4-3-5-7-9/h8-9H,2-7H2,1H3/b11-8-. The highest BCUT2D eigenvalue weighted by molar-refractivity contribution is 6.20. The van der Waals surface area contributed by atoms with E-state index in [1.165, 1.54) is 6.42 Å². The summed E-state index contributed by atoms with van der Waals surface area (Å²) in [5, 5.41) is 11.4. The van der Waals surface area contributed by atoms with E-state index in [2.05, 4.69) is 4.74 Å². The molecule has 80 valence electrons. The van der Waals surface area contributed by atoms with Crippen molar-refractivity contribution in [2.75, 3.05) is 6.61 Å². The van der Waals surface area contributed by atoms with Crippen molar-refractivity contribution >= 4 is 12.2 Å². The highest BCUT2D eigenvalue weighted by Gasteiger charge is 2.20. The molecule has 14 heavy (non-hydrogen) atoms. The number of hydrogen-bond donors (Lipinski definition) is 0. The second-order valence-electron chi connectivity index (χ2n) is 3.53. The quantitative estimate of drug-likeness (QED) is 0.227. The third kappa shape index (κ3) is 3.36. The summed E-state index contributed by atoms with van der Waals surface area (Å²) in [5.41, 5.74) is 0. The Morgan fingerprint density at radius 2 is 2.14 bits per heavy atom. The molecule has 0 N–H and O–H groups in total. The molecule has 1 rings (SSSR count). The lowest BCUT2D eigenvalue weighted by molar-refractivity contribution is -0.500. The Hall–Kier alpha value is -1.06. The summed E-state index contributed by atoms with van der Waals surface area (Å²) < 4.78 is 5.43. The zero-order valence-corrected chi connectivity index (χ0v) is 8.57. The molecule has 0 radical (unpaired) electrons. The van der Waals surface area contributed by atoms with Gasteiger partial charge in [-0.2, -0.15) is 0 Å². The number of esters is 1. The van der Waals surface area contributed by atoms with Crippen LogP contribution in [0.25, 0.3) is 0 Å². The highest BCUT2D eigenvalue weighted by atomic mass is 16.5. The minimum Gasteiger partial charge on any atom is -0.623 e. The minimum absolute atomic E-state index is 0.0202. The average Bonchev–Trinajstić information content (AvgIpc) is 2.19. The van der Waals surface area contributed by atoms with Crippen molar-refractivity contribution in [3.05, 3.63) is 5.21 Å². The molecule has 0 spiro atoms. The first-order valence-electron chi connectivity index (χ1n) is 5.21. The van der Waals surface area contributed by atoms with Crippen LogP contribution in [0.5, 0.6) is 0 Å². The van der Waals surface area contributed by atoms with Crippen molar-refractivity contribution in [1.82, 2.24) is 0 Å². The fraction of sp³-hybridized carbons (Fsp3) is 0.800. The van der Waals surface area contributed by atoms with E-state index in [0.717, 1.165) is 36.6 Å². The minimum atomic E-state index is -0.534.